The van der Waals surface area contributed by atoms with Gasteiger partial charge in [0, 0.05) is 31.7 Å². The van der Waals surface area contributed by atoms with E-state index in [4.69, 9.17) is 4.74 Å². The van der Waals surface area contributed by atoms with Crippen LogP contribution in [0.3, 0.4) is 0 Å². The lowest BCUT2D eigenvalue weighted by Gasteiger charge is -2.38. The second-order valence-electron chi connectivity index (χ2n) is 8.05. The molecule has 1 unspecified atom stereocenters. The first-order valence-electron chi connectivity index (χ1n) is 10.8. The third-order valence-electron chi connectivity index (χ3n) is 6.26. The smallest absolute Gasteiger partial charge is 0.247 e. The van der Waals surface area contributed by atoms with Crippen LogP contribution in [0.15, 0.2) is 53.4 Å². The van der Waals surface area contributed by atoms with Crippen LogP contribution in [-0.4, -0.2) is 76.4 Å². The van der Waals surface area contributed by atoms with Crippen LogP contribution >= 0.6 is 0 Å². The number of imide groups is 1. The number of nitrogens with one attached hydrogen (secondary N) is 1. The number of amides is 2. The van der Waals surface area contributed by atoms with Gasteiger partial charge in [-0.3, -0.25) is 19.4 Å². The Morgan fingerprint density at radius 2 is 1.67 bits per heavy atom. The third kappa shape index (κ3) is 4.59. The molecule has 0 aromatic heterocycles. The molecular formula is C23H28N4O5S. The summed E-state index contributed by atoms with van der Waals surface area (Å²) in [6.45, 7) is 2.41. The SMILES string of the molecule is CNS(=O)(=O)c1ccccc1N1CCN(C2CC(=O)N(Cc3ccccc3OC)C2=O)CC1. The molecule has 2 aromatic carbocycles. The summed E-state index contributed by atoms with van der Waals surface area (Å²) in [6, 6.07) is 13.7. The molecule has 2 aliphatic heterocycles. The molecule has 4 rings (SSSR count). The summed E-state index contributed by atoms with van der Waals surface area (Å²) in [6.07, 6.45) is 0.151. The summed E-state index contributed by atoms with van der Waals surface area (Å²) in [5, 5.41) is 0. The van der Waals surface area contributed by atoms with Crippen LogP contribution in [0.1, 0.15) is 12.0 Å². The van der Waals surface area contributed by atoms with E-state index in [0.717, 1.165) is 5.56 Å². The van der Waals surface area contributed by atoms with Crippen molar-refractivity contribution >= 4 is 27.5 Å². The highest BCUT2D eigenvalue weighted by molar-refractivity contribution is 7.89. The molecule has 0 saturated carbocycles. The summed E-state index contributed by atoms with van der Waals surface area (Å²) < 4.78 is 32.5. The van der Waals surface area contributed by atoms with Gasteiger partial charge in [0.25, 0.3) is 0 Å². The van der Waals surface area contributed by atoms with Crippen molar-refractivity contribution < 1.29 is 22.7 Å². The summed E-state index contributed by atoms with van der Waals surface area (Å²) in [5.74, 6) is 0.256. The number of anilines is 1. The molecule has 0 radical (unpaired) electrons. The molecule has 2 fully saturated rings. The lowest BCUT2D eigenvalue weighted by atomic mass is 10.1. The van der Waals surface area contributed by atoms with E-state index in [9.17, 15) is 18.0 Å². The van der Waals surface area contributed by atoms with Crippen molar-refractivity contribution in [3.8, 4) is 5.75 Å². The van der Waals surface area contributed by atoms with Crippen molar-refractivity contribution in [1.29, 1.82) is 0 Å². The quantitative estimate of drug-likeness (QED) is 0.602. The number of likely N-dealkylation sites (tertiary alicyclic amines) is 1. The summed E-state index contributed by atoms with van der Waals surface area (Å²) in [4.78, 5) is 31.4. The number of sulfonamides is 1. The van der Waals surface area contributed by atoms with E-state index in [1.54, 1.807) is 25.3 Å². The fraction of sp³-hybridized carbons (Fsp3) is 0.391. The minimum atomic E-state index is -3.59. The standard InChI is InChI=1S/C23H28N4O5S/c1-24-33(30,31)21-10-6-4-8-18(21)25-11-13-26(14-12-25)19-15-22(28)27(23(19)29)16-17-7-3-5-9-20(17)32-2/h3-10,19,24H,11-16H2,1-2H3. The fourth-order valence-corrected chi connectivity index (χ4v) is 5.40. The van der Waals surface area contributed by atoms with E-state index in [-0.39, 0.29) is 29.7 Å². The molecule has 0 spiro atoms. The van der Waals surface area contributed by atoms with Crippen molar-refractivity contribution in [3.05, 3.63) is 54.1 Å². The number of carbonyl (C=O) groups excluding carboxylic acids is 2. The predicted molar refractivity (Wildman–Crippen MR) is 123 cm³/mol. The van der Waals surface area contributed by atoms with Gasteiger partial charge in [-0.2, -0.15) is 0 Å². The molecule has 1 N–H and O–H groups in total. The Hall–Kier alpha value is -2.95. The highest BCUT2D eigenvalue weighted by Crippen LogP contribution is 2.29. The van der Waals surface area contributed by atoms with Crippen molar-refractivity contribution in [1.82, 2.24) is 14.5 Å². The lowest BCUT2D eigenvalue weighted by molar-refractivity contribution is -0.140. The van der Waals surface area contributed by atoms with Gasteiger partial charge in [0.2, 0.25) is 21.8 Å². The maximum atomic E-state index is 13.1. The van der Waals surface area contributed by atoms with Gasteiger partial charge in [0.15, 0.2) is 0 Å². The minimum Gasteiger partial charge on any atom is -0.496 e. The number of rotatable bonds is 7. The number of carbonyl (C=O) groups is 2. The van der Waals surface area contributed by atoms with Gasteiger partial charge >= 0.3 is 0 Å². The maximum Gasteiger partial charge on any atom is 0.247 e. The Bertz CT molecular complexity index is 1150. The first-order chi connectivity index (χ1) is 15.9. The number of benzene rings is 2. The van der Waals surface area contributed by atoms with Gasteiger partial charge in [-0.15, -0.1) is 0 Å². The molecule has 2 heterocycles. The molecule has 0 aliphatic carbocycles. The average molecular weight is 473 g/mol. The number of nitrogens with zero attached hydrogens (tertiary/aromatic N) is 3. The van der Waals surface area contributed by atoms with Crippen LogP contribution in [0.4, 0.5) is 5.69 Å². The molecule has 33 heavy (non-hydrogen) atoms. The maximum absolute atomic E-state index is 13.1. The number of hydrogen-bond donors (Lipinski definition) is 1. The third-order valence-corrected chi connectivity index (χ3v) is 7.72. The van der Waals surface area contributed by atoms with Gasteiger partial charge in [0.05, 0.1) is 31.8 Å². The predicted octanol–water partition coefficient (Wildman–Crippen LogP) is 1.05. The molecule has 1 atom stereocenters. The Kier molecular flexibility index (Phi) is 6.68. The van der Waals surface area contributed by atoms with Crippen molar-refractivity contribution in [2.24, 2.45) is 0 Å². The van der Waals surface area contributed by atoms with E-state index in [0.29, 0.717) is 37.6 Å². The molecule has 176 valence electrons. The van der Waals surface area contributed by atoms with Gasteiger partial charge in [-0.05, 0) is 25.2 Å². The van der Waals surface area contributed by atoms with Crippen molar-refractivity contribution in [2.75, 3.05) is 45.2 Å². The fourth-order valence-electron chi connectivity index (χ4n) is 4.45. The van der Waals surface area contributed by atoms with E-state index in [1.165, 1.54) is 11.9 Å². The zero-order chi connectivity index (χ0) is 23.6. The van der Waals surface area contributed by atoms with E-state index in [1.807, 2.05) is 40.1 Å². The van der Waals surface area contributed by atoms with Crippen LogP contribution in [0, 0.1) is 0 Å². The van der Waals surface area contributed by atoms with Gasteiger partial charge < -0.3 is 9.64 Å². The highest BCUT2D eigenvalue weighted by atomic mass is 32.2. The molecule has 2 aromatic rings. The molecular weight excluding hydrogens is 444 g/mol. The Labute approximate surface area is 194 Å². The van der Waals surface area contributed by atoms with E-state index >= 15 is 0 Å². The lowest BCUT2D eigenvalue weighted by Crippen LogP contribution is -2.52. The number of para-hydroxylation sites is 2. The summed E-state index contributed by atoms with van der Waals surface area (Å²) in [7, 11) is -0.631. The number of piperazine rings is 1. The number of hydrogen-bond acceptors (Lipinski definition) is 7. The largest absolute Gasteiger partial charge is 0.496 e. The molecule has 10 heteroatoms. The van der Waals surface area contributed by atoms with Gasteiger partial charge in [-0.25, -0.2) is 13.1 Å². The van der Waals surface area contributed by atoms with Crippen LogP contribution in [-0.2, 0) is 26.2 Å². The molecule has 2 amide bonds. The first-order valence-corrected chi connectivity index (χ1v) is 12.3. The number of methoxy groups -OCH3 is 1. The summed E-state index contributed by atoms with van der Waals surface area (Å²) in [5.41, 5.74) is 1.42. The Morgan fingerprint density at radius 3 is 2.36 bits per heavy atom. The molecule has 2 saturated heterocycles. The van der Waals surface area contributed by atoms with Gasteiger partial charge in [0.1, 0.15) is 10.6 Å². The molecule has 9 nitrogen and oxygen atoms in total. The van der Waals surface area contributed by atoms with Crippen LogP contribution in [0.25, 0.3) is 0 Å². The normalized spacial score (nSPS) is 19.9. The van der Waals surface area contributed by atoms with Crippen LogP contribution in [0.5, 0.6) is 5.75 Å². The van der Waals surface area contributed by atoms with Crippen LogP contribution in [0.2, 0.25) is 0 Å². The Balaban J connectivity index is 1.44. The monoisotopic (exact) mass is 472 g/mol. The van der Waals surface area contributed by atoms with Gasteiger partial charge in [-0.1, -0.05) is 30.3 Å². The highest BCUT2D eigenvalue weighted by Gasteiger charge is 2.43. The average Bonchev–Trinajstić information content (AvgIpc) is 3.13. The Morgan fingerprint density at radius 1 is 1.00 bits per heavy atom. The summed E-state index contributed by atoms with van der Waals surface area (Å²) >= 11 is 0. The number of ether oxygens (including phenoxy) is 1. The second-order valence-corrected chi connectivity index (χ2v) is 9.90. The first kappa shape index (κ1) is 23.2. The van der Waals surface area contributed by atoms with Crippen LogP contribution < -0.4 is 14.4 Å². The second kappa shape index (κ2) is 9.50. The zero-order valence-electron chi connectivity index (χ0n) is 18.7. The zero-order valence-corrected chi connectivity index (χ0v) is 19.5. The van der Waals surface area contributed by atoms with E-state index in [2.05, 4.69) is 4.72 Å². The van der Waals surface area contributed by atoms with Crippen molar-refractivity contribution in [2.45, 2.75) is 23.9 Å². The minimum absolute atomic E-state index is 0.151. The molecule has 2 aliphatic rings. The molecule has 0 bridgehead atoms. The van der Waals surface area contributed by atoms with E-state index < -0.39 is 16.1 Å². The topological polar surface area (TPSA) is 99.3 Å². The van der Waals surface area contributed by atoms with Crippen molar-refractivity contribution in [3.63, 3.8) is 0 Å².